The molecule has 2 aliphatic heterocycles. The quantitative estimate of drug-likeness (QED) is 0.788. The van der Waals surface area contributed by atoms with Crippen LogP contribution in [0.25, 0.3) is 5.76 Å². The molecule has 7 heteroatoms. The third kappa shape index (κ3) is 2.82. The summed E-state index contributed by atoms with van der Waals surface area (Å²) in [5.41, 5.74) is -0.281. The maximum atomic E-state index is 12.8. The Morgan fingerprint density at radius 1 is 1.32 bits per heavy atom. The Kier molecular flexibility index (Phi) is 3.61. The van der Waals surface area contributed by atoms with Crippen molar-refractivity contribution in [1.82, 2.24) is 9.80 Å². The van der Waals surface area contributed by atoms with Gasteiger partial charge >= 0.3 is 6.18 Å². The number of alkyl halides is 3. The second-order valence-electron chi connectivity index (χ2n) is 5.35. The van der Waals surface area contributed by atoms with E-state index < -0.39 is 11.7 Å². The van der Waals surface area contributed by atoms with Crippen LogP contribution in [0.1, 0.15) is 17.5 Å². The molecule has 0 N–H and O–H groups in total. The molecular weight excluding hydrogens is 295 g/mol. The van der Waals surface area contributed by atoms with Gasteiger partial charge in [0.05, 0.1) is 11.6 Å². The molecule has 0 aliphatic carbocycles. The molecule has 1 saturated heterocycles. The molecule has 0 amide bonds. The molecule has 1 fully saturated rings. The van der Waals surface area contributed by atoms with E-state index in [1.165, 1.54) is 6.07 Å². The minimum atomic E-state index is -4.37. The van der Waals surface area contributed by atoms with Crippen molar-refractivity contribution in [2.75, 3.05) is 19.8 Å². The fraction of sp³-hybridized carbons (Fsp3) is 0.400. The van der Waals surface area contributed by atoms with Crippen LogP contribution >= 0.6 is 0 Å². The Hall–Kier alpha value is -2.36. The molecule has 1 atom stereocenters. The normalized spacial score (nSPS) is 21.5. The second kappa shape index (κ2) is 5.44. The summed E-state index contributed by atoms with van der Waals surface area (Å²) in [6, 6.07) is 5.26. The van der Waals surface area contributed by atoms with E-state index in [-0.39, 0.29) is 6.04 Å². The minimum Gasteiger partial charge on any atom is -0.471 e. The largest absolute Gasteiger partial charge is 0.471 e. The molecule has 0 radical (unpaired) electrons. The van der Waals surface area contributed by atoms with Crippen LogP contribution in [0.4, 0.5) is 13.2 Å². The zero-order chi connectivity index (χ0) is 15.7. The molecule has 0 spiro atoms. The standard InChI is InChI=1S/C15H14F3N3O/c16-15(17,18)12-3-1-2-11(6-12)14-8-21(10-22-14)13-4-5-20(7-13)9-19/h1-3,6,8,13H,4-5,7,10H2. The van der Waals surface area contributed by atoms with Gasteiger partial charge in [-0.15, -0.1) is 0 Å². The molecule has 0 saturated carbocycles. The highest BCUT2D eigenvalue weighted by Crippen LogP contribution is 2.33. The fourth-order valence-corrected chi connectivity index (χ4v) is 2.69. The number of ether oxygens (including phenoxy) is 1. The van der Waals surface area contributed by atoms with E-state index in [2.05, 4.69) is 6.19 Å². The second-order valence-corrected chi connectivity index (χ2v) is 5.35. The molecule has 0 aromatic heterocycles. The van der Waals surface area contributed by atoms with Gasteiger partial charge in [0.15, 0.2) is 12.9 Å². The predicted octanol–water partition coefficient (Wildman–Crippen LogP) is 2.85. The van der Waals surface area contributed by atoms with Gasteiger partial charge < -0.3 is 14.5 Å². The smallest absolute Gasteiger partial charge is 0.416 e. The first-order valence-corrected chi connectivity index (χ1v) is 6.90. The van der Waals surface area contributed by atoms with Crippen molar-refractivity contribution < 1.29 is 17.9 Å². The first-order chi connectivity index (χ1) is 10.5. The molecule has 4 nitrogen and oxygen atoms in total. The summed E-state index contributed by atoms with van der Waals surface area (Å²) in [4.78, 5) is 3.60. The van der Waals surface area contributed by atoms with Gasteiger partial charge in [0.2, 0.25) is 0 Å². The predicted molar refractivity (Wildman–Crippen MR) is 72.8 cm³/mol. The van der Waals surface area contributed by atoms with Gasteiger partial charge in [-0.3, -0.25) is 0 Å². The van der Waals surface area contributed by atoms with Crippen molar-refractivity contribution in [2.24, 2.45) is 0 Å². The van der Waals surface area contributed by atoms with Crippen LogP contribution in [-0.2, 0) is 10.9 Å². The van der Waals surface area contributed by atoms with E-state index in [9.17, 15) is 13.2 Å². The topological polar surface area (TPSA) is 39.5 Å². The number of halogens is 3. The number of rotatable bonds is 2. The molecule has 1 unspecified atom stereocenters. The molecule has 0 bridgehead atoms. The highest BCUT2D eigenvalue weighted by Gasteiger charge is 2.32. The maximum Gasteiger partial charge on any atom is 0.416 e. The zero-order valence-electron chi connectivity index (χ0n) is 11.7. The lowest BCUT2D eigenvalue weighted by Crippen LogP contribution is -2.31. The Balaban J connectivity index is 1.77. The van der Waals surface area contributed by atoms with Crippen molar-refractivity contribution in [3.05, 3.63) is 41.6 Å². The third-order valence-corrected chi connectivity index (χ3v) is 3.90. The highest BCUT2D eigenvalue weighted by atomic mass is 19.4. The number of nitriles is 1. The van der Waals surface area contributed by atoms with Gasteiger partial charge in [-0.05, 0) is 18.6 Å². The molecule has 1 aromatic rings. The molecule has 2 aliphatic rings. The molecular formula is C15H14F3N3O. The highest BCUT2D eigenvalue weighted by molar-refractivity contribution is 5.61. The van der Waals surface area contributed by atoms with Crippen molar-refractivity contribution in [1.29, 1.82) is 5.26 Å². The number of likely N-dealkylation sites (tertiary alicyclic amines) is 1. The van der Waals surface area contributed by atoms with E-state index >= 15 is 0 Å². The van der Waals surface area contributed by atoms with E-state index in [4.69, 9.17) is 10.00 Å². The van der Waals surface area contributed by atoms with Crippen LogP contribution in [0, 0.1) is 11.5 Å². The van der Waals surface area contributed by atoms with Crippen LogP contribution in [0.15, 0.2) is 30.5 Å². The van der Waals surface area contributed by atoms with Crippen LogP contribution < -0.4 is 0 Å². The van der Waals surface area contributed by atoms with E-state index in [1.807, 2.05) is 4.90 Å². The third-order valence-electron chi connectivity index (χ3n) is 3.90. The Morgan fingerprint density at radius 3 is 2.82 bits per heavy atom. The average molecular weight is 309 g/mol. The molecule has 3 rings (SSSR count). The molecule has 116 valence electrons. The van der Waals surface area contributed by atoms with E-state index in [0.717, 1.165) is 18.6 Å². The van der Waals surface area contributed by atoms with Crippen molar-refractivity contribution in [2.45, 2.75) is 18.6 Å². The average Bonchev–Trinajstić information content (AvgIpc) is 3.15. The summed E-state index contributed by atoms with van der Waals surface area (Å²) < 4.78 is 43.8. The van der Waals surface area contributed by atoms with Crippen molar-refractivity contribution >= 4 is 5.76 Å². The van der Waals surface area contributed by atoms with E-state index in [0.29, 0.717) is 31.1 Å². The summed E-state index contributed by atoms with van der Waals surface area (Å²) in [6.07, 6.45) is 0.311. The SMILES string of the molecule is N#CN1CCC(N2C=C(c3cccc(C(F)(F)F)c3)OC2)C1. The maximum absolute atomic E-state index is 12.8. The number of benzene rings is 1. The summed E-state index contributed by atoms with van der Waals surface area (Å²) >= 11 is 0. The summed E-state index contributed by atoms with van der Waals surface area (Å²) in [7, 11) is 0. The van der Waals surface area contributed by atoms with Gasteiger partial charge in [-0.1, -0.05) is 12.1 Å². The number of hydrogen-bond acceptors (Lipinski definition) is 4. The lowest BCUT2D eigenvalue weighted by Gasteiger charge is -2.20. The summed E-state index contributed by atoms with van der Waals surface area (Å²) in [6.45, 7) is 1.62. The van der Waals surface area contributed by atoms with Crippen molar-refractivity contribution in [3.63, 3.8) is 0 Å². The van der Waals surface area contributed by atoms with Crippen LogP contribution in [0.2, 0.25) is 0 Å². The van der Waals surface area contributed by atoms with Crippen LogP contribution in [0.5, 0.6) is 0 Å². The Labute approximate surface area is 126 Å². The summed E-state index contributed by atoms with van der Waals surface area (Å²) in [5.74, 6) is 0.432. The molecule has 22 heavy (non-hydrogen) atoms. The van der Waals surface area contributed by atoms with Gasteiger partial charge in [0, 0.05) is 24.9 Å². The first-order valence-electron chi connectivity index (χ1n) is 6.90. The minimum absolute atomic E-state index is 0.156. The van der Waals surface area contributed by atoms with Gasteiger partial charge in [-0.25, -0.2) is 0 Å². The Bertz CT molecular complexity index is 636. The monoisotopic (exact) mass is 309 g/mol. The summed E-state index contributed by atoms with van der Waals surface area (Å²) in [5, 5.41) is 8.87. The number of hydrogen-bond donors (Lipinski definition) is 0. The van der Waals surface area contributed by atoms with E-state index in [1.54, 1.807) is 17.2 Å². The van der Waals surface area contributed by atoms with Gasteiger partial charge in [0.1, 0.15) is 5.76 Å². The van der Waals surface area contributed by atoms with Crippen molar-refractivity contribution in [3.8, 4) is 6.19 Å². The van der Waals surface area contributed by atoms with Crippen LogP contribution in [-0.4, -0.2) is 35.7 Å². The fourth-order valence-electron chi connectivity index (χ4n) is 2.69. The number of nitrogens with zero attached hydrogens (tertiary/aromatic N) is 3. The zero-order valence-corrected chi connectivity index (χ0v) is 11.7. The van der Waals surface area contributed by atoms with Gasteiger partial charge in [0.25, 0.3) is 0 Å². The first kappa shape index (κ1) is 14.6. The Morgan fingerprint density at radius 2 is 2.14 bits per heavy atom. The molecule has 1 aromatic carbocycles. The van der Waals surface area contributed by atoms with Crippen LogP contribution in [0.3, 0.4) is 0 Å². The lowest BCUT2D eigenvalue weighted by atomic mass is 10.1. The van der Waals surface area contributed by atoms with Gasteiger partial charge in [-0.2, -0.15) is 18.4 Å². The molecule has 2 heterocycles. The lowest BCUT2D eigenvalue weighted by molar-refractivity contribution is -0.137.